The summed E-state index contributed by atoms with van der Waals surface area (Å²) in [6.45, 7) is 1.45. The lowest BCUT2D eigenvalue weighted by Gasteiger charge is -2.07. The Morgan fingerprint density at radius 2 is 1.89 bits per heavy atom. The van der Waals surface area contributed by atoms with Crippen LogP contribution in [0.1, 0.15) is 12.5 Å². The van der Waals surface area contributed by atoms with E-state index in [2.05, 4.69) is 15.6 Å². The van der Waals surface area contributed by atoms with Crippen LogP contribution in [0.25, 0.3) is 6.08 Å². The first-order valence-corrected chi connectivity index (χ1v) is 9.19. The van der Waals surface area contributed by atoms with Gasteiger partial charge in [-0.15, -0.1) is 0 Å². The molecule has 0 saturated carbocycles. The fraction of sp³-hybridized carbons (Fsp3) is 0.150. The van der Waals surface area contributed by atoms with Crippen LogP contribution in [-0.2, 0) is 9.59 Å². The smallest absolute Gasteiger partial charge is 0.264 e. The van der Waals surface area contributed by atoms with Crippen molar-refractivity contribution in [2.75, 3.05) is 19.5 Å². The molecule has 2 aromatic carbocycles. The first kappa shape index (κ1) is 19.5. The fourth-order valence-electron chi connectivity index (χ4n) is 2.50. The van der Waals surface area contributed by atoms with E-state index in [4.69, 9.17) is 9.47 Å². The molecule has 1 saturated heterocycles. The highest BCUT2D eigenvalue weighted by atomic mass is 32.2. The van der Waals surface area contributed by atoms with Gasteiger partial charge in [0.05, 0.1) is 24.8 Å². The van der Waals surface area contributed by atoms with Crippen LogP contribution in [0.5, 0.6) is 11.5 Å². The first-order valence-electron chi connectivity index (χ1n) is 8.38. The molecule has 0 unspecified atom stereocenters. The number of nitrogens with zero attached hydrogens (tertiary/aromatic N) is 1. The Kier molecular flexibility index (Phi) is 6.00. The predicted molar refractivity (Wildman–Crippen MR) is 111 cm³/mol. The molecular weight excluding hydrogens is 378 g/mol. The average Bonchev–Trinajstić information content (AvgIpc) is 3.02. The van der Waals surface area contributed by atoms with Crippen molar-refractivity contribution >= 4 is 46.2 Å². The van der Waals surface area contributed by atoms with Crippen molar-refractivity contribution in [2.45, 2.75) is 6.92 Å². The van der Waals surface area contributed by atoms with Crippen molar-refractivity contribution in [3.8, 4) is 11.5 Å². The Balaban J connectivity index is 1.79. The summed E-state index contributed by atoms with van der Waals surface area (Å²) in [7, 11) is 3.15. The van der Waals surface area contributed by atoms with Gasteiger partial charge in [0.25, 0.3) is 5.91 Å². The van der Waals surface area contributed by atoms with E-state index in [1.54, 1.807) is 56.7 Å². The number of ether oxygens (including phenoxy) is 2. The third-order valence-corrected chi connectivity index (χ3v) is 4.71. The maximum Gasteiger partial charge on any atom is 0.264 e. The molecule has 2 amide bonds. The highest BCUT2D eigenvalue weighted by Crippen LogP contribution is 2.32. The SMILES string of the molecule is COc1ccc(/C=C2\SC(=Nc3ccc(NC(C)=O)cc3)NC2=O)c(OC)c1. The summed E-state index contributed by atoms with van der Waals surface area (Å²) in [5.41, 5.74) is 2.12. The highest BCUT2D eigenvalue weighted by molar-refractivity contribution is 8.18. The zero-order valence-corrected chi connectivity index (χ0v) is 16.4. The van der Waals surface area contributed by atoms with Crippen LogP contribution >= 0.6 is 11.8 Å². The van der Waals surface area contributed by atoms with Crippen molar-refractivity contribution in [2.24, 2.45) is 4.99 Å². The van der Waals surface area contributed by atoms with Crippen molar-refractivity contribution in [1.29, 1.82) is 0 Å². The molecule has 144 valence electrons. The van der Waals surface area contributed by atoms with Gasteiger partial charge in [0.2, 0.25) is 5.91 Å². The van der Waals surface area contributed by atoms with Gasteiger partial charge in [-0.05, 0) is 54.2 Å². The van der Waals surface area contributed by atoms with Crippen LogP contribution < -0.4 is 20.1 Å². The van der Waals surface area contributed by atoms with E-state index in [1.807, 2.05) is 6.07 Å². The van der Waals surface area contributed by atoms with Gasteiger partial charge in [-0.3, -0.25) is 9.59 Å². The molecule has 0 aliphatic carbocycles. The molecule has 1 heterocycles. The third kappa shape index (κ3) is 4.72. The van der Waals surface area contributed by atoms with E-state index >= 15 is 0 Å². The van der Waals surface area contributed by atoms with Crippen LogP contribution in [0.15, 0.2) is 52.4 Å². The zero-order valence-electron chi connectivity index (χ0n) is 15.6. The van der Waals surface area contributed by atoms with E-state index in [-0.39, 0.29) is 11.8 Å². The number of anilines is 1. The van der Waals surface area contributed by atoms with Gasteiger partial charge in [-0.2, -0.15) is 0 Å². The van der Waals surface area contributed by atoms with Crippen LogP contribution in [0, 0.1) is 0 Å². The summed E-state index contributed by atoms with van der Waals surface area (Å²) < 4.78 is 10.6. The van der Waals surface area contributed by atoms with E-state index in [1.165, 1.54) is 18.7 Å². The number of aliphatic imine (C=N–C) groups is 1. The van der Waals surface area contributed by atoms with Gasteiger partial charge < -0.3 is 20.1 Å². The Hall–Kier alpha value is -3.26. The van der Waals surface area contributed by atoms with Gasteiger partial charge >= 0.3 is 0 Å². The minimum absolute atomic E-state index is 0.138. The Morgan fingerprint density at radius 3 is 2.54 bits per heavy atom. The number of amidine groups is 1. The second kappa shape index (κ2) is 8.62. The molecule has 28 heavy (non-hydrogen) atoms. The largest absolute Gasteiger partial charge is 0.497 e. The molecule has 2 aromatic rings. The number of amides is 2. The second-order valence-electron chi connectivity index (χ2n) is 5.82. The van der Waals surface area contributed by atoms with E-state index in [9.17, 15) is 9.59 Å². The summed E-state index contributed by atoms with van der Waals surface area (Å²) in [5, 5.41) is 5.93. The number of hydrogen-bond acceptors (Lipinski definition) is 6. The standard InChI is InChI=1S/C20H19N3O4S/c1-12(24)21-14-5-7-15(8-6-14)22-20-23-19(25)18(28-20)10-13-4-9-16(26-2)11-17(13)27-3/h4-11H,1-3H3,(H,21,24)(H,22,23,25)/b18-10-. The van der Waals surface area contributed by atoms with Crippen LogP contribution in [-0.4, -0.2) is 31.2 Å². The number of benzene rings is 2. The molecule has 2 N–H and O–H groups in total. The molecule has 0 spiro atoms. The van der Waals surface area contributed by atoms with Gasteiger partial charge in [-0.25, -0.2) is 4.99 Å². The Labute approximate surface area is 166 Å². The van der Waals surface area contributed by atoms with Crippen LogP contribution in [0.2, 0.25) is 0 Å². The molecule has 1 aliphatic heterocycles. The predicted octanol–water partition coefficient (Wildman–Crippen LogP) is 3.55. The molecule has 0 atom stereocenters. The van der Waals surface area contributed by atoms with Crippen molar-refractivity contribution in [3.63, 3.8) is 0 Å². The average molecular weight is 397 g/mol. The lowest BCUT2D eigenvalue weighted by molar-refractivity contribution is -0.115. The molecule has 1 aliphatic rings. The highest BCUT2D eigenvalue weighted by Gasteiger charge is 2.24. The molecular formula is C20H19N3O4S. The van der Waals surface area contributed by atoms with Crippen LogP contribution in [0.3, 0.4) is 0 Å². The minimum atomic E-state index is -0.225. The van der Waals surface area contributed by atoms with Gasteiger partial charge in [0.1, 0.15) is 11.5 Å². The van der Waals surface area contributed by atoms with Gasteiger partial charge in [-0.1, -0.05) is 0 Å². The summed E-state index contributed by atoms with van der Waals surface area (Å²) in [5.74, 6) is 0.921. The molecule has 0 aromatic heterocycles. The quantitative estimate of drug-likeness (QED) is 0.753. The van der Waals surface area contributed by atoms with E-state index in [0.717, 1.165) is 5.56 Å². The van der Waals surface area contributed by atoms with Crippen molar-refractivity contribution in [3.05, 3.63) is 52.9 Å². The molecule has 3 rings (SSSR count). The number of thioether (sulfide) groups is 1. The van der Waals surface area contributed by atoms with E-state index < -0.39 is 0 Å². The summed E-state index contributed by atoms with van der Waals surface area (Å²) >= 11 is 1.25. The maximum atomic E-state index is 12.3. The molecule has 8 heteroatoms. The van der Waals surface area contributed by atoms with Crippen LogP contribution in [0.4, 0.5) is 11.4 Å². The van der Waals surface area contributed by atoms with Gasteiger partial charge in [0.15, 0.2) is 5.17 Å². The Bertz CT molecular complexity index is 968. The number of nitrogens with one attached hydrogen (secondary N) is 2. The normalized spacial score (nSPS) is 16.2. The molecule has 1 fully saturated rings. The molecule has 0 radical (unpaired) electrons. The molecule has 0 bridgehead atoms. The lowest BCUT2D eigenvalue weighted by atomic mass is 10.1. The first-order chi connectivity index (χ1) is 13.5. The van der Waals surface area contributed by atoms with Gasteiger partial charge in [0, 0.05) is 24.2 Å². The number of hydrogen-bond donors (Lipinski definition) is 2. The number of rotatable bonds is 5. The summed E-state index contributed by atoms with van der Waals surface area (Å²) in [6, 6.07) is 12.4. The monoisotopic (exact) mass is 397 g/mol. The number of carbonyl (C=O) groups excluding carboxylic acids is 2. The summed E-state index contributed by atoms with van der Waals surface area (Å²) in [6.07, 6.45) is 1.75. The topological polar surface area (TPSA) is 89.0 Å². The zero-order chi connectivity index (χ0) is 20.1. The fourth-order valence-corrected chi connectivity index (χ4v) is 3.33. The second-order valence-corrected chi connectivity index (χ2v) is 6.85. The van der Waals surface area contributed by atoms with E-state index in [0.29, 0.717) is 32.9 Å². The lowest BCUT2D eigenvalue weighted by Crippen LogP contribution is -2.19. The van der Waals surface area contributed by atoms with Crippen molar-refractivity contribution < 1.29 is 19.1 Å². The number of methoxy groups -OCH3 is 2. The minimum Gasteiger partial charge on any atom is -0.497 e. The maximum absolute atomic E-state index is 12.3. The summed E-state index contributed by atoms with van der Waals surface area (Å²) in [4.78, 5) is 28.3. The van der Waals surface area contributed by atoms with Crippen molar-refractivity contribution in [1.82, 2.24) is 5.32 Å². The molecule has 7 nitrogen and oxygen atoms in total. The third-order valence-electron chi connectivity index (χ3n) is 3.80. The number of carbonyl (C=O) groups is 2. The Morgan fingerprint density at radius 1 is 1.14 bits per heavy atom.